The summed E-state index contributed by atoms with van der Waals surface area (Å²) in [6.07, 6.45) is 3.23. The first-order valence-electron chi connectivity index (χ1n) is 8.88. The molecule has 1 aromatic carbocycles. The van der Waals surface area contributed by atoms with Crippen molar-refractivity contribution in [1.82, 2.24) is 30.4 Å². The third-order valence-electron chi connectivity index (χ3n) is 4.93. The van der Waals surface area contributed by atoms with Crippen molar-refractivity contribution < 1.29 is 4.79 Å². The van der Waals surface area contributed by atoms with Gasteiger partial charge in [-0.25, -0.2) is 4.68 Å². The fourth-order valence-corrected chi connectivity index (χ4v) is 3.37. The SMILES string of the molecule is Cc1ccc(C(=O)N[C@H]2CCCCN(C(C)c3nnnn3C)C2)cc1. The lowest BCUT2D eigenvalue weighted by atomic mass is 10.1. The fraction of sp³-hybridized carbons (Fsp3) is 0.556. The number of carbonyl (C=O) groups is 1. The van der Waals surface area contributed by atoms with E-state index >= 15 is 0 Å². The summed E-state index contributed by atoms with van der Waals surface area (Å²) < 4.78 is 1.72. The Bertz CT molecular complexity index is 711. The van der Waals surface area contributed by atoms with Gasteiger partial charge >= 0.3 is 0 Å². The van der Waals surface area contributed by atoms with Crippen LogP contribution < -0.4 is 5.32 Å². The number of tetrazole rings is 1. The lowest BCUT2D eigenvalue weighted by Crippen LogP contribution is -2.43. The summed E-state index contributed by atoms with van der Waals surface area (Å²) in [4.78, 5) is 14.9. The van der Waals surface area contributed by atoms with Crippen molar-refractivity contribution in [3.8, 4) is 0 Å². The molecule has 1 aromatic heterocycles. The van der Waals surface area contributed by atoms with E-state index in [2.05, 4.69) is 32.7 Å². The predicted molar refractivity (Wildman–Crippen MR) is 95.1 cm³/mol. The van der Waals surface area contributed by atoms with Gasteiger partial charge in [0.2, 0.25) is 0 Å². The molecule has 134 valence electrons. The van der Waals surface area contributed by atoms with Crippen molar-refractivity contribution in [2.45, 2.75) is 45.2 Å². The predicted octanol–water partition coefficient (Wildman–Crippen LogP) is 1.86. The lowest BCUT2D eigenvalue weighted by Gasteiger charge is -2.29. The Kier molecular flexibility index (Phi) is 5.43. The minimum absolute atomic E-state index is 0.000159. The van der Waals surface area contributed by atoms with Crippen LogP contribution in [0.15, 0.2) is 24.3 Å². The van der Waals surface area contributed by atoms with E-state index in [1.165, 1.54) is 0 Å². The molecule has 2 heterocycles. The molecule has 0 radical (unpaired) electrons. The van der Waals surface area contributed by atoms with Gasteiger partial charge in [-0.05, 0) is 55.8 Å². The second-order valence-corrected chi connectivity index (χ2v) is 6.86. The zero-order valence-electron chi connectivity index (χ0n) is 15.1. The van der Waals surface area contributed by atoms with Gasteiger partial charge in [0.15, 0.2) is 5.82 Å². The van der Waals surface area contributed by atoms with E-state index in [9.17, 15) is 4.79 Å². The Morgan fingerprint density at radius 1 is 1.28 bits per heavy atom. The first-order valence-corrected chi connectivity index (χ1v) is 8.88. The molecule has 7 nitrogen and oxygen atoms in total. The van der Waals surface area contributed by atoms with Crippen molar-refractivity contribution in [3.63, 3.8) is 0 Å². The Labute approximate surface area is 148 Å². The third-order valence-corrected chi connectivity index (χ3v) is 4.93. The molecular weight excluding hydrogens is 316 g/mol. The number of carbonyl (C=O) groups excluding carboxylic acids is 1. The minimum atomic E-state index is -0.000159. The molecule has 2 atom stereocenters. The average molecular weight is 342 g/mol. The number of rotatable bonds is 4. The summed E-state index contributed by atoms with van der Waals surface area (Å²) in [5.74, 6) is 0.852. The molecule has 1 aliphatic rings. The summed E-state index contributed by atoms with van der Waals surface area (Å²) in [7, 11) is 1.86. The molecule has 0 bridgehead atoms. The molecule has 1 unspecified atom stereocenters. The van der Waals surface area contributed by atoms with E-state index in [1.54, 1.807) is 4.68 Å². The first kappa shape index (κ1) is 17.5. The molecule has 1 N–H and O–H groups in total. The maximum atomic E-state index is 12.5. The van der Waals surface area contributed by atoms with Crippen molar-refractivity contribution in [1.29, 1.82) is 0 Å². The lowest BCUT2D eigenvalue weighted by molar-refractivity contribution is 0.0919. The third kappa shape index (κ3) is 4.22. The van der Waals surface area contributed by atoms with Gasteiger partial charge in [-0.3, -0.25) is 9.69 Å². The Morgan fingerprint density at radius 2 is 2.04 bits per heavy atom. The second kappa shape index (κ2) is 7.74. The molecule has 3 rings (SSSR count). The van der Waals surface area contributed by atoms with Crippen molar-refractivity contribution in [2.24, 2.45) is 7.05 Å². The highest BCUT2D eigenvalue weighted by atomic mass is 16.1. The highest BCUT2D eigenvalue weighted by Gasteiger charge is 2.26. The summed E-state index contributed by atoms with van der Waals surface area (Å²) >= 11 is 0. The smallest absolute Gasteiger partial charge is 0.251 e. The van der Waals surface area contributed by atoms with Gasteiger partial charge in [0.1, 0.15) is 0 Å². The molecule has 25 heavy (non-hydrogen) atoms. The van der Waals surface area contributed by atoms with Crippen LogP contribution in [-0.4, -0.2) is 50.1 Å². The number of hydrogen-bond acceptors (Lipinski definition) is 5. The van der Waals surface area contributed by atoms with Gasteiger partial charge in [0, 0.05) is 25.2 Å². The molecule has 1 amide bonds. The van der Waals surface area contributed by atoms with Crippen LogP contribution in [0.5, 0.6) is 0 Å². The van der Waals surface area contributed by atoms with Gasteiger partial charge in [-0.1, -0.05) is 24.1 Å². The number of nitrogens with zero attached hydrogens (tertiary/aromatic N) is 5. The van der Waals surface area contributed by atoms with Crippen molar-refractivity contribution >= 4 is 5.91 Å². The van der Waals surface area contributed by atoms with Crippen LogP contribution >= 0.6 is 0 Å². The number of amides is 1. The van der Waals surface area contributed by atoms with E-state index in [0.29, 0.717) is 5.56 Å². The molecule has 1 fully saturated rings. The zero-order chi connectivity index (χ0) is 17.8. The quantitative estimate of drug-likeness (QED) is 0.918. The van der Waals surface area contributed by atoms with Crippen LogP contribution in [0.3, 0.4) is 0 Å². The minimum Gasteiger partial charge on any atom is -0.348 e. The van der Waals surface area contributed by atoms with Crippen molar-refractivity contribution in [3.05, 3.63) is 41.2 Å². The van der Waals surface area contributed by atoms with Crippen LogP contribution in [0.4, 0.5) is 0 Å². The number of aromatic nitrogens is 4. The van der Waals surface area contributed by atoms with Crippen LogP contribution in [0.25, 0.3) is 0 Å². The Morgan fingerprint density at radius 3 is 2.72 bits per heavy atom. The summed E-state index contributed by atoms with van der Waals surface area (Å²) in [5, 5.41) is 15.0. The second-order valence-electron chi connectivity index (χ2n) is 6.86. The van der Waals surface area contributed by atoms with Gasteiger partial charge < -0.3 is 5.32 Å². The van der Waals surface area contributed by atoms with Gasteiger partial charge in [0.05, 0.1) is 6.04 Å². The van der Waals surface area contributed by atoms with Crippen LogP contribution in [-0.2, 0) is 7.05 Å². The number of aryl methyl sites for hydroxylation is 2. The molecule has 0 saturated carbocycles. The number of benzene rings is 1. The summed E-state index contributed by atoms with van der Waals surface area (Å²) in [6, 6.07) is 7.96. The highest BCUT2D eigenvalue weighted by molar-refractivity contribution is 5.94. The van der Waals surface area contributed by atoms with E-state index in [4.69, 9.17) is 0 Å². The van der Waals surface area contributed by atoms with E-state index in [-0.39, 0.29) is 18.0 Å². The normalized spacial score (nSPS) is 20.0. The average Bonchev–Trinajstić information content (AvgIpc) is 2.89. The van der Waals surface area contributed by atoms with Gasteiger partial charge in [-0.2, -0.15) is 0 Å². The van der Waals surface area contributed by atoms with E-state index < -0.39 is 0 Å². The molecule has 1 aliphatic heterocycles. The van der Waals surface area contributed by atoms with Crippen molar-refractivity contribution in [2.75, 3.05) is 13.1 Å². The number of likely N-dealkylation sites (tertiary alicyclic amines) is 1. The highest BCUT2D eigenvalue weighted by Crippen LogP contribution is 2.22. The van der Waals surface area contributed by atoms with E-state index in [1.807, 2.05) is 38.2 Å². The molecular formula is C18H26N6O. The fourth-order valence-electron chi connectivity index (χ4n) is 3.37. The Hall–Kier alpha value is -2.28. The standard InChI is InChI=1S/C18H26N6O/c1-13-7-9-15(10-8-13)18(25)19-16-6-4-5-11-24(12-16)14(2)17-20-21-22-23(17)3/h7-10,14,16H,4-6,11-12H2,1-3H3,(H,19,25)/t14?,16-/m0/s1. The van der Waals surface area contributed by atoms with Crippen LogP contribution in [0.1, 0.15) is 54.0 Å². The molecule has 0 aliphatic carbocycles. The number of hydrogen-bond donors (Lipinski definition) is 1. The summed E-state index contributed by atoms with van der Waals surface area (Å²) in [6.45, 7) is 5.94. The van der Waals surface area contributed by atoms with Gasteiger partial charge in [-0.15, -0.1) is 5.10 Å². The number of nitrogens with one attached hydrogen (secondary N) is 1. The van der Waals surface area contributed by atoms with E-state index in [0.717, 1.165) is 43.7 Å². The molecule has 2 aromatic rings. The largest absolute Gasteiger partial charge is 0.348 e. The first-order chi connectivity index (χ1) is 12.0. The maximum Gasteiger partial charge on any atom is 0.251 e. The summed E-state index contributed by atoms with van der Waals surface area (Å²) in [5.41, 5.74) is 1.87. The van der Waals surface area contributed by atoms with Crippen LogP contribution in [0, 0.1) is 6.92 Å². The topological polar surface area (TPSA) is 75.9 Å². The Balaban J connectivity index is 1.66. The molecule has 7 heteroatoms. The maximum absolute atomic E-state index is 12.5. The van der Waals surface area contributed by atoms with Gasteiger partial charge in [0.25, 0.3) is 5.91 Å². The zero-order valence-corrected chi connectivity index (χ0v) is 15.1. The van der Waals surface area contributed by atoms with Crippen LogP contribution in [0.2, 0.25) is 0 Å². The monoisotopic (exact) mass is 342 g/mol. The molecule has 0 spiro atoms. The molecule has 1 saturated heterocycles.